The van der Waals surface area contributed by atoms with E-state index in [1.54, 1.807) is 6.07 Å². The minimum Gasteiger partial charge on any atom is -0.478 e. The molecule has 172 valence electrons. The Morgan fingerprint density at radius 1 is 0.697 bits per heavy atom. The number of carboxylic acids is 2. The van der Waals surface area contributed by atoms with Gasteiger partial charge in [-0.3, -0.25) is 0 Å². The Bertz CT molecular complexity index is 1120. The lowest BCUT2D eigenvalue weighted by molar-refractivity contribution is 0.0679. The maximum absolute atomic E-state index is 12.1. The molecular weight excluding hydrogens is 412 g/mol. The van der Waals surface area contributed by atoms with Crippen LogP contribution in [0.2, 0.25) is 0 Å². The second kappa shape index (κ2) is 11.5. The van der Waals surface area contributed by atoms with Crippen LogP contribution in [-0.2, 0) is 19.3 Å². The van der Waals surface area contributed by atoms with Gasteiger partial charge in [0.15, 0.2) is 0 Å². The van der Waals surface area contributed by atoms with Crippen molar-refractivity contribution < 1.29 is 19.8 Å². The van der Waals surface area contributed by atoms with Crippen LogP contribution >= 0.6 is 0 Å². The molecule has 3 aromatic rings. The minimum absolute atomic E-state index is 0.158. The molecule has 0 unspecified atom stereocenters. The van der Waals surface area contributed by atoms with Crippen molar-refractivity contribution in [3.8, 4) is 0 Å². The third kappa shape index (κ3) is 6.55. The van der Waals surface area contributed by atoms with E-state index in [1.165, 1.54) is 36.5 Å². The van der Waals surface area contributed by atoms with Gasteiger partial charge in [-0.25, -0.2) is 9.59 Å². The molecule has 0 atom stereocenters. The zero-order chi connectivity index (χ0) is 23.8. The molecule has 0 saturated carbocycles. The molecule has 33 heavy (non-hydrogen) atoms. The highest BCUT2D eigenvalue weighted by Gasteiger charge is 2.19. The molecule has 0 saturated heterocycles. The summed E-state index contributed by atoms with van der Waals surface area (Å²) in [6.07, 6.45) is 6.52. The fourth-order valence-electron chi connectivity index (χ4n) is 4.26. The van der Waals surface area contributed by atoms with Gasteiger partial charge in [-0.1, -0.05) is 74.7 Å². The zero-order valence-corrected chi connectivity index (χ0v) is 19.4. The average Bonchev–Trinajstić information content (AvgIpc) is 2.79. The second-order valence-electron chi connectivity index (χ2n) is 8.69. The van der Waals surface area contributed by atoms with Crippen LogP contribution in [0.5, 0.6) is 0 Å². The number of aromatic carboxylic acids is 2. The molecule has 0 bridgehead atoms. The maximum atomic E-state index is 12.1. The Balaban J connectivity index is 1.93. The Labute approximate surface area is 195 Å². The fraction of sp³-hybridized carbons (Fsp3) is 0.310. The van der Waals surface area contributed by atoms with Crippen molar-refractivity contribution in [2.24, 2.45) is 0 Å². The molecule has 0 amide bonds. The van der Waals surface area contributed by atoms with Crippen molar-refractivity contribution in [3.63, 3.8) is 0 Å². The van der Waals surface area contributed by atoms with Gasteiger partial charge in [-0.15, -0.1) is 0 Å². The van der Waals surface area contributed by atoms with E-state index in [0.29, 0.717) is 24.0 Å². The molecule has 0 heterocycles. The quantitative estimate of drug-likeness (QED) is 0.323. The van der Waals surface area contributed by atoms with Gasteiger partial charge >= 0.3 is 11.9 Å². The minimum atomic E-state index is -1.04. The van der Waals surface area contributed by atoms with Crippen molar-refractivity contribution >= 4 is 11.9 Å². The summed E-state index contributed by atoms with van der Waals surface area (Å²) in [4.78, 5) is 24.1. The topological polar surface area (TPSA) is 74.6 Å². The third-order valence-corrected chi connectivity index (χ3v) is 6.14. The first kappa shape index (κ1) is 24.2. The molecule has 0 aliphatic carbocycles. The van der Waals surface area contributed by atoms with Crippen molar-refractivity contribution in [1.82, 2.24) is 0 Å². The van der Waals surface area contributed by atoms with Crippen LogP contribution in [0.15, 0.2) is 60.7 Å². The molecular formula is C29H32O4. The Morgan fingerprint density at radius 3 is 1.88 bits per heavy atom. The average molecular weight is 445 g/mol. The zero-order valence-electron chi connectivity index (χ0n) is 19.4. The standard InChI is InChI=1S/C29H32O4/c1-3-4-5-9-12-23-16-22(14-13-20(23)2)17-25-19-26(28(30)31)24(18-27(25)29(32)33)15-21-10-7-6-8-11-21/h6-8,10-11,13-14,16,18-19H,3-5,9,12,15,17H2,1-2H3,(H,30,31)(H,32,33). The lowest BCUT2D eigenvalue weighted by Gasteiger charge is -2.14. The van der Waals surface area contributed by atoms with E-state index < -0.39 is 11.9 Å². The molecule has 0 aliphatic heterocycles. The van der Waals surface area contributed by atoms with Crippen LogP contribution < -0.4 is 0 Å². The normalized spacial score (nSPS) is 10.8. The van der Waals surface area contributed by atoms with E-state index in [1.807, 2.05) is 36.4 Å². The van der Waals surface area contributed by atoms with Gasteiger partial charge in [0.05, 0.1) is 11.1 Å². The lowest BCUT2D eigenvalue weighted by Crippen LogP contribution is -2.11. The lowest BCUT2D eigenvalue weighted by atomic mass is 9.90. The highest BCUT2D eigenvalue weighted by Crippen LogP contribution is 2.25. The van der Waals surface area contributed by atoms with Crippen LogP contribution in [0.3, 0.4) is 0 Å². The fourth-order valence-corrected chi connectivity index (χ4v) is 4.26. The summed E-state index contributed by atoms with van der Waals surface area (Å²) in [6, 6.07) is 18.8. The predicted molar refractivity (Wildman–Crippen MR) is 131 cm³/mol. The summed E-state index contributed by atoms with van der Waals surface area (Å²) in [5.41, 5.74) is 5.81. The third-order valence-electron chi connectivity index (χ3n) is 6.14. The molecule has 3 rings (SSSR count). The summed E-state index contributed by atoms with van der Waals surface area (Å²) in [7, 11) is 0. The highest BCUT2D eigenvalue weighted by molar-refractivity contribution is 5.95. The van der Waals surface area contributed by atoms with Gasteiger partial charge in [0.1, 0.15) is 0 Å². The van der Waals surface area contributed by atoms with Gasteiger partial charge < -0.3 is 10.2 Å². The number of carboxylic acid groups (broad SMARTS) is 2. The van der Waals surface area contributed by atoms with Gasteiger partial charge in [0.2, 0.25) is 0 Å². The van der Waals surface area contributed by atoms with Gasteiger partial charge in [-0.05, 0) is 78.1 Å². The summed E-state index contributed by atoms with van der Waals surface area (Å²) in [5.74, 6) is -2.08. The number of hydrogen-bond acceptors (Lipinski definition) is 2. The van der Waals surface area contributed by atoms with Gasteiger partial charge in [-0.2, -0.15) is 0 Å². The van der Waals surface area contributed by atoms with E-state index in [0.717, 1.165) is 24.0 Å². The molecule has 0 fully saturated rings. The van der Waals surface area contributed by atoms with E-state index in [9.17, 15) is 19.8 Å². The predicted octanol–water partition coefficient (Wildman–Crippen LogP) is 6.70. The summed E-state index contributed by atoms with van der Waals surface area (Å²) in [5, 5.41) is 19.7. The smallest absolute Gasteiger partial charge is 0.335 e. The first-order chi connectivity index (χ1) is 15.9. The largest absolute Gasteiger partial charge is 0.478 e. The molecule has 2 N–H and O–H groups in total. The Hall–Kier alpha value is -3.40. The second-order valence-corrected chi connectivity index (χ2v) is 8.69. The number of unbranched alkanes of at least 4 members (excludes halogenated alkanes) is 3. The summed E-state index contributed by atoms with van der Waals surface area (Å²) >= 11 is 0. The van der Waals surface area contributed by atoms with Crippen molar-refractivity contribution in [3.05, 3.63) is 105 Å². The molecule has 4 nitrogen and oxygen atoms in total. The van der Waals surface area contributed by atoms with E-state index in [4.69, 9.17) is 0 Å². The Morgan fingerprint density at radius 2 is 1.30 bits per heavy atom. The summed E-state index contributed by atoms with van der Waals surface area (Å²) < 4.78 is 0. The molecule has 4 heteroatoms. The van der Waals surface area contributed by atoms with E-state index in [2.05, 4.69) is 26.0 Å². The molecule has 0 radical (unpaired) electrons. The maximum Gasteiger partial charge on any atom is 0.335 e. The summed E-state index contributed by atoms with van der Waals surface area (Å²) in [6.45, 7) is 4.30. The number of aryl methyl sites for hydroxylation is 2. The van der Waals surface area contributed by atoms with E-state index >= 15 is 0 Å². The number of benzene rings is 3. The first-order valence-corrected chi connectivity index (χ1v) is 11.6. The number of rotatable bonds is 11. The number of hydrogen-bond donors (Lipinski definition) is 2. The van der Waals surface area contributed by atoms with Crippen LogP contribution in [0.1, 0.15) is 86.7 Å². The Kier molecular flexibility index (Phi) is 8.42. The van der Waals surface area contributed by atoms with E-state index in [-0.39, 0.29) is 11.1 Å². The highest BCUT2D eigenvalue weighted by atomic mass is 16.4. The van der Waals surface area contributed by atoms with Crippen LogP contribution in [0.25, 0.3) is 0 Å². The van der Waals surface area contributed by atoms with Gasteiger partial charge in [0, 0.05) is 0 Å². The molecule has 0 aliphatic rings. The van der Waals surface area contributed by atoms with Crippen LogP contribution in [0, 0.1) is 6.92 Å². The van der Waals surface area contributed by atoms with Crippen LogP contribution in [0.4, 0.5) is 0 Å². The molecule has 0 aromatic heterocycles. The first-order valence-electron chi connectivity index (χ1n) is 11.6. The van der Waals surface area contributed by atoms with Crippen molar-refractivity contribution in [2.45, 2.75) is 58.8 Å². The monoisotopic (exact) mass is 444 g/mol. The van der Waals surface area contributed by atoms with Crippen molar-refractivity contribution in [1.29, 1.82) is 0 Å². The molecule has 3 aromatic carbocycles. The number of carbonyl (C=O) groups is 2. The van der Waals surface area contributed by atoms with Gasteiger partial charge in [0.25, 0.3) is 0 Å². The molecule has 0 spiro atoms. The SMILES string of the molecule is CCCCCCc1cc(Cc2cc(C(=O)O)c(Cc3ccccc3)cc2C(=O)O)ccc1C. The van der Waals surface area contributed by atoms with Crippen molar-refractivity contribution in [2.75, 3.05) is 0 Å². The van der Waals surface area contributed by atoms with Crippen LogP contribution in [-0.4, -0.2) is 22.2 Å².